The van der Waals surface area contributed by atoms with Crippen molar-refractivity contribution in [3.8, 4) is 0 Å². The fraction of sp³-hybridized carbons (Fsp3) is 0.312. The number of aliphatic hydroxyl groups is 1. The van der Waals surface area contributed by atoms with E-state index in [0.29, 0.717) is 4.88 Å². The molecule has 2 heterocycles. The molecule has 0 aliphatic carbocycles. The second-order valence-corrected chi connectivity index (χ2v) is 6.37. The summed E-state index contributed by atoms with van der Waals surface area (Å²) < 4.78 is 39.7. The molecule has 1 fully saturated rings. The lowest BCUT2D eigenvalue weighted by Crippen LogP contribution is -2.32. The molecule has 0 spiro atoms. The molecular weight excluding hydrogens is 327 g/mol. The molecule has 7 heteroatoms. The minimum atomic E-state index is -4.50. The van der Waals surface area contributed by atoms with Crippen LogP contribution < -0.4 is 0 Å². The standard InChI is InChI=1S/C16H14F3NO2S/c17-16(18,19)12-5-2-1-4-11(12)13-8-10(21)9-20(13)15(22)14-6-3-7-23-14/h1-7,10,13,21H,8-9H2/t10-,13-/m1/s1. The van der Waals surface area contributed by atoms with Crippen molar-refractivity contribution in [1.29, 1.82) is 0 Å². The Labute approximate surface area is 135 Å². The maximum Gasteiger partial charge on any atom is 0.416 e. The third-order valence-electron chi connectivity index (χ3n) is 3.90. The second-order valence-electron chi connectivity index (χ2n) is 5.43. The van der Waals surface area contributed by atoms with Crippen LogP contribution in [0, 0.1) is 0 Å². The van der Waals surface area contributed by atoms with Gasteiger partial charge in [-0.25, -0.2) is 0 Å². The van der Waals surface area contributed by atoms with E-state index in [1.807, 2.05) is 0 Å². The summed E-state index contributed by atoms with van der Waals surface area (Å²) in [5.41, 5.74) is -0.732. The number of hydrogen-bond donors (Lipinski definition) is 1. The second kappa shape index (κ2) is 5.98. The molecule has 0 bridgehead atoms. The number of rotatable bonds is 2. The van der Waals surface area contributed by atoms with E-state index >= 15 is 0 Å². The highest BCUT2D eigenvalue weighted by Crippen LogP contribution is 2.41. The van der Waals surface area contributed by atoms with Crippen molar-refractivity contribution >= 4 is 17.2 Å². The van der Waals surface area contributed by atoms with Crippen LogP contribution in [0.3, 0.4) is 0 Å². The molecule has 1 aliphatic rings. The van der Waals surface area contributed by atoms with Gasteiger partial charge in [-0.1, -0.05) is 24.3 Å². The van der Waals surface area contributed by atoms with Crippen LogP contribution >= 0.6 is 11.3 Å². The number of alkyl halides is 3. The van der Waals surface area contributed by atoms with E-state index in [-0.39, 0.29) is 24.4 Å². The molecule has 0 saturated carbocycles. The van der Waals surface area contributed by atoms with Gasteiger partial charge in [-0.3, -0.25) is 4.79 Å². The normalized spacial score (nSPS) is 21.7. The summed E-state index contributed by atoms with van der Waals surface area (Å²) >= 11 is 1.23. The van der Waals surface area contributed by atoms with E-state index in [1.54, 1.807) is 17.5 Å². The number of benzene rings is 1. The number of β-amino-alcohol motifs (C(OH)–C–C–N with tert-alkyl or cyclic N) is 1. The van der Waals surface area contributed by atoms with Crippen molar-refractivity contribution in [3.05, 3.63) is 57.8 Å². The third-order valence-corrected chi connectivity index (χ3v) is 4.75. The van der Waals surface area contributed by atoms with Gasteiger partial charge in [-0.15, -0.1) is 11.3 Å². The summed E-state index contributed by atoms with van der Waals surface area (Å²) in [4.78, 5) is 14.3. The Hall–Kier alpha value is -1.86. The molecule has 122 valence electrons. The van der Waals surface area contributed by atoms with Gasteiger partial charge in [0.15, 0.2) is 0 Å². The van der Waals surface area contributed by atoms with Crippen molar-refractivity contribution in [2.24, 2.45) is 0 Å². The Morgan fingerprint density at radius 2 is 1.96 bits per heavy atom. The van der Waals surface area contributed by atoms with Gasteiger partial charge in [0.2, 0.25) is 0 Å². The Morgan fingerprint density at radius 3 is 2.61 bits per heavy atom. The van der Waals surface area contributed by atoms with Gasteiger partial charge in [-0.2, -0.15) is 13.2 Å². The molecule has 1 aromatic heterocycles. The van der Waals surface area contributed by atoms with E-state index in [0.717, 1.165) is 6.07 Å². The van der Waals surface area contributed by atoms with E-state index in [2.05, 4.69) is 0 Å². The summed E-state index contributed by atoms with van der Waals surface area (Å²) in [6.45, 7) is 0.0353. The number of likely N-dealkylation sites (tertiary alicyclic amines) is 1. The first-order valence-corrected chi connectivity index (χ1v) is 7.94. The van der Waals surface area contributed by atoms with Gasteiger partial charge in [-0.05, 0) is 29.5 Å². The van der Waals surface area contributed by atoms with E-state index < -0.39 is 23.9 Å². The Balaban J connectivity index is 2.00. The molecule has 2 atom stereocenters. The minimum Gasteiger partial charge on any atom is -0.391 e. The fourth-order valence-electron chi connectivity index (χ4n) is 2.92. The number of nitrogens with zero attached hydrogens (tertiary/aromatic N) is 1. The first-order valence-electron chi connectivity index (χ1n) is 7.06. The largest absolute Gasteiger partial charge is 0.416 e. The predicted molar refractivity (Wildman–Crippen MR) is 80.2 cm³/mol. The zero-order valence-corrected chi connectivity index (χ0v) is 12.8. The SMILES string of the molecule is O=C(c1cccs1)N1C[C@H](O)C[C@@H]1c1ccccc1C(F)(F)F. The van der Waals surface area contributed by atoms with Gasteiger partial charge in [0.25, 0.3) is 5.91 Å². The number of hydrogen-bond acceptors (Lipinski definition) is 3. The highest BCUT2D eigenvalue weighted by atomic mass is 32.1. The van der Waals surface area contributed by atoms with Crippen LogP contribution in [0.4, 0.5) is 13.2 Å². The molecule has 1 amide bonds. The molecule has 1 saturated heterocycles. The number of carbonyl (C=O) groups excluding carboxylic acids is 1. The molecule has 1 aromatic carbocycles. The van der Waals surface area contributed by atoms with Gasteiger partial charge < -0.3 is 10.0 Å². The first-order chi connectivity index (χ1) is 10.9. The summed E-state index contributed by atoms with van der Waals surface area (Å²) in [6, 6.07) is 7.78. The van der Waals surface area contributed by atoms with E-state index in [4.69, 9.17) is 0 Å². The molecule has 1 N–H and O–H groups in total. The van der Waals surface area contributed by atoms with E-state index in [9.17, 15) is 23.1 Å². The number of aliphatic hydroxyl groups excluding tert-OH is 1. The summed E-state index contributed by atoms with van der Waals surface area (Å²) in [6.07, 6.45) is -5.23. The van der Waals surface area contributed by atoms with Crippen LogP contribution in [-0.2, 0) is 6.18 Å². The monoisotopic (exact) mass is 341 g/mol. The molecule has 23 heavy (non-hydrogen) atoms. The Morgan fingerprint density at radius 1 is 1.22 bits per heavy atom. The van der Waals surface area contributed by atoms with Crippen LogP contribution in [-0.4, -0.2) is 28.6 Å². The predicted octanol–water partition coefficient (Wildman–Crippen LogP) is 3.72. The van der Waals surface area contributed by atoms with Gasteiger partial charge in [0, 0.05) is 6.54 Å². The van der Waals surface area contributed by atoms with Crippen molar-refractivity contribution in [2.45, 2.75) is 24.7 Å². The smallest absolute Gasteiger partial charge is 0.391 e. The van der Waals surface area contributed by atoms with E-state index in [1.165, 1.54) is 34.4 Å². The maximum absolute atomic E-state index is 13.2. The number of halogens is 3. The molecule has 0 radical (unpaired) electrons. The summed E-state index contributed by atoms with van der Waals surface area (Å²) in [5, 5.41) is 11.6. The molecular formula is C16H14F3NO2S. The van der Waals surface area contributed by atoms with Crippen LogP contribution in [0.25, 0.3) is 0 Å². The Bertz CT molecular complexity index is 700. The van der Waals surface area contributed by atoms with Crippen molar-refractivity contribution in [3.63, 3.8) is 0 Å². The molecule has 2 aromatic rings. The zero-order chi connectivity index (χ0) is 16.6. The summed E-state index contributed by atoms with van der Waals surface area (Å²) in [5.74, 6) is -0.349. The van der Waals surface area contributed by atoms with Crippen molar-refractivity contribution in [1.82, 2.24) is 4.90 Å². The molecule has 0 unspecified atom stereocenters. The minimum absolute atomic E-state index is 0.0291. The fourth-order valence-corrected chi connectivity index (χ4v) is 3.60. The van der Waals surface area contributed by atoms with Crippen molar-refractivity contribution < 1.29 is 23.1 Å². The van der Waals surface area contributed by atoms with Gasteiger partial charge >= 0.3 is 6.18 Å². The topological polar surface area (TPSA) is 40.5 Å². The molecule has 1 aliphatic heterocycles. The lowest BCUT2D eigenvalue weighted by atomic mass is 9.97. The first kappa shape index (κ1) is 16.0. The molecule has 3 rings (SSSR count). The molecule has 3 nitrogen and oxygen atoms in total. The van der Waals surface area contributed by atoms with Crippen LogP contribution in [0.1, 0.15) is 33.3 Å². The van der Waals surface area contributed by atoms with Gasteiger partial charge in [0.05, 0.1) is 22.6 Å². The number of thiophene rings is 1. The lowest BCUT2D eigenvalue weighted by Gasteiger charge is -2.26. The highest BCUT2D eigenvalue weighted by Gasteiger charge is 2.41. The average molecular weight is 341 g/mol. The number of amides is 1. The van der Waals surface area contributed by atoms with Crippen LogP contribution in [0.5, 0.6) is 0 Å². The van der Waals surface area contributed by atoms with Gasteiger partial charge in [0.1, 0.15) is 0 Å². The number of carbonyl (C=O) groups is 1. The quantitative estimate of drug-likeness (QED) is 0.904. The van der Waals surface area contributed by atoms with Crippen LogP contribution in [0.15, 0.2) is 41.8 Å². The third kappa shape index (κ3) is 3.11. The maximum atomic E-state index is 13.2. The Kier molecular flexibility index (Phi) is 4.16. The zero-order valence-electron chi connectivity index (χ0n) is 12.0. The highest BCUT2D eigenvalue weighted by molar-refractivity contribution is 7.12. The summed E-state index contributed by atoms with van der Waals surface area (Å²) in [7, 11) is 0. The van der Waals surface area contributed by atoms with Crippen molar-refractivity contribution in [2.75, 3.05) is 6.54 Å². The van der Waals surface area contributed by atoms with Crippen LogP contribution in [0.2, 0.25) is 0 Å². The lowest BCUT2D eigenvalue weighted by molar-refractivity contribution is -0.138. The average Bonchev–Trinajstić information content (AvgIpc) is 3.15.